The van der Waals surface area contributed by atoms with E-state index < -0.39 is 6.10 Å². The number of aliphatic hydroxyl groups excluding tert-OH is 1. The predicted octanol–water partition coefficient (Wildman–Crippen LogP) is 1.14. The molecule has 60 valence electrons. The van der Waals surface area contributed by atoms with Gasteiger partial charge in [0.1, 0.15) is 5.82 Å². The zero-order chi connectivity index (χ0) is 8.27. The molecule has 1 heterocycles. The first kappa shape index (κ1) is 8.14. The molecule has 0 radical (unpaired) electrons. The number of aliphatic hydroxyl groups is 1. The molecule has 1 aromatic rings. The molecule has 1 unspecified atom stereocenters. The van der Waals surface area contributed by atoms with E-state index in [2.05, 4.69) is 4.98 Å². The van der Waals surface area contributed by atoms with E-state index in [1.165, 1.54) is 6.07 Å². The Morgan fingerprint density at radius 2 is 2.36 bits per heavy atom. The first-order valence-electron chi connectivity index (χ1n) is 3.46. The molecule has 3 heteroatoms. The van der Waals surface area contributed by atoms with Gasteiger partial charge in [0.05, 0.1) is 12.3 Å². The van der Waals surface area contributed by atoms with Crippen molar-refractivity contribution in [2.75, 3.05) is 0 Å². The van der Waals surface area contributed by atoms with Gasteiger partial charge in [0.15, 0.2) is 0 Å². The molecule has 0 spiro atoms. The zero-order valence-corrected chi connectivity index (χ0v) is 6.29. The number of halogens is 1. The van der Waals surface area contributed by atoms with Crippen LogP contribution in [0.2, 0.25) is 0 Å². The highest BCUT2D eigenvalue weighted by Gasteiger charge is 1.99. The molecule has 1 N–H and O–H groups in total. The maximum absolute atomic E-state index is 12.5. The fourth-order valence-electron chi connectivity index (χ4n) is 0.909. The van der Waals surface area contributed by atoms with Crippen molar-refractivity contribution >= 4 is 0 Å². The molecule has 0 saturated heterocycles. The summed E-state index contributed by atoms with van der Waals surface area (Å²) in [5, 5.41) is 8.95. The molecular formula is C8H10FNO. The van der Waals surface area contributed by atoms with Gasteiger partial charge in [0.25, 0.3) is 0 Å². The summed E-state index contributed by atoms with van der Waals surface area (Å²) in [7, 11) is 0. The van der Waals surface area contributed by atoms with Crippen LogP contribution < -0.4 is 0 Å². The SMILES string of the molecule is CC(O)Cc1cncc(F)c1. The molecule has 0 amide bonds. The van der Waals surface area contributed by atoms with E-state index in [0.29, 0.717) is 6.42 Å². The third-order valence-corrected chi connectivity index (χ3v) is 1.29. The number of hydrogen-bond donors (Lipinski definition) is 1. The van der Waals surface area contributed by atoms with Crippen LogP contribution in [0, 0.1) is 5.82 Å². The van der Waals surface area contributed by atoms with Crippen LogP contribution in [0.1, 0.15) is 12.5 Å². The van der Waals surface area contributed by atoms with Crippen LogP contribution in [0.3, 0.4) is 0 Å². The lowest BCUT2D eigenvalue weighted by atomic mass is 10.1. The first-order chi connectivity index (χ1) is 5.18. The molecule has 11 heavy (non-hydrogen) atoms. The molecule has 1 aromatic heterocycles. The summed E-state index contributed by atoms with van der Waals surface area (Å²) in [6.07, 6.45) is 2.70. The Labute approximate surface area is 64.7 Å². The van der Waals surface area contributed by atoms with E-state index in [0.717, 1.165) is 11.8 Å². The van der Waals surface area contributed by atoms with Gasteiger partial charge < -0.3 is 5.11 Å². The van der Waals surface area contributed by atoms with Gasteiger partial charge in [-0.05, 0) is 25.0 Å². The summed E-state index contributed by atoms with van der Waals surface area (Å²) in [5.41, 5.74) is 0.722. The minimum Gasteiger partial charge on any atom is -0.393 e. The van der Waals surface area contributed by atoms with Gasteiger partial charge in [-0.25, -0.2) is 4.39 Å². The predicted molar refractivity (Wildman–Crippen MR) is 39.6 cm³/mol. The van der Waals surface area contributed by atoms with Crippen molar-refractivity contribution in [3.63, 3.8) is 0 Å². The number of aromatic nitrogens is 1. The summed E-state index contributed by atoms with van der Waals surface area (Å²) in [5.74, 6) is -0.358. The molecule has 0 fully saturated rings. The Balaban J connectivity index is 2.71. The third kappa shape index (κ3) is 2.63. The molecule has 2 nitrogen and oxygen atoms in total. The molecule has 0 aliphatic rings. The molecule has 0 saturated carbocycles. The smallest absolute Gasteiger partial charge is 0.141 e. The quantitative estimate of drug-likeness (QED) is 0.694. The summed E-state index contributed by atoms with van der Waals surface area (Å²) in [4.78, 5) is 3.65. The van der Waals surface area contributed by atoms with Crippen LogP contribution in [-0.2, 0) is 6.42 Å². The summed E-state index contributed by atoms with van der Waals surface area (Å²) < 4.78 is 12.5. The zero-order valence-electron chi connectivity index (χ0n) is 6.29. The lowest BCUT2D eigenvalue weighted by Gasteiger charge is -2.02. The second-order valence-electron chi connectivity index (χ2n) is 2.56. The lowest BCUT2D eigenvalue weighted by molar-refractivity contribution is 0.195. The maximum Gasteiger partial charge on any atom is 0.141 e. The maximum atomic E-state index is 12.5. The summed E-state index contributed by atoms with van der Waals surface area (Å²) >= 11 is 0. The number of rotatable bonds is 2. The van der Waals surface area contributed by atoms with Gasteiger partial charge in [-0.15, -0.1) is 0 Å². The minimum absolute atomic E-state index is 0.358. The Bertz CT molecular complexity index is 237. The fourth-order valence-corrected chi connectivity index (χ4v) is 0.909. The average Bonchev–Trinajstić information content (AvgIpc) is 1.85. The topological polar surface area (TPSA) is 33.1 Å². The molecule has 0 aliphatic heterocycles. The van der Waals surface area contributed by atoms with Crippen molar-refractivity contribution in [3.05, 3.63) is 29.8 Å². The van der Waals surface area contributed by atoms with Gasteiger partial charge >= 0.3 is 0 Å². The van der Waals surface area contributed by atoms with E-state index in [-0.39, 0.29) is 5.82 Å². The van der Waals surface area contributed by atoms with Crippen molar-refractivity contribution < 1.29 is 9.50 Å². The Morgan fingerprint density at radius 1 is 1.64 bits per heavy atom. The summed E-state index contributed by atoms with van der Waals surface area (Å²) in [6.45, 7) is 1.66. The van der Waals surface area contributed by atoms with Gasteiger partial charge in [-0.2, -0.15) is 0 Å². The largest absolute Gasteiger partial charge is 0.393 e. The van der Waals surface area contributed by atoms with Gasteiger partial charge in [-0.1, -0.05) is 0 Å². The van der Waals surface area contributed by atoms with Crippen LogP contribution >= 0.6 is 0 Å². The normalized spacial score (nSPS) is 13.0. The number of hydrogen-bond acceptors (Lipinski definition) is 2. The lowest BCUT2D eigenvalue weighted by Crippen LogP contribution is -2.04. The molecule has 1 atom stereocenters. The van der Waals surface area contributed by atoms with Crippen LogP contribution in [0.5, 0.6) is 0 Å². The van der Waals surface area contributed by atoms with E-state index in [1.54, 1.807) is 13.1 Å². The molecule has 0 bridgehead atoms. The van der Waals surface area contributed by atoms with Gasteiger partial charge in [0, 0.05) is 6.20 Å². The Morgan fingerprint density at radius 3 is 2.91 bits per heavy atom. The second-order valence-corrected chi connectivity index (χ2v) is 2.56. The highest BCUT2D eigenvalue weighted by molar-refractivity contribution is 5.10. The fraction of sp³-hybridized carbons (Fsp3) is 0.375. The number of pyridine rings is 1. The highest BCUT2D eigenvalue weighted by Crippen LogP contribution is 2.03. The van der Waals surface area contributed by atoms with Crippen molar-refractivity contribution in [3.8, 4) is 0 Å². The third-order valence-electron chi connectivity index (χ3n) is 1.29. The van der Waals surface area contributed by atoms with Crippen molar-refractivity contribution in [1.82, 2.24) is 4.98 Å². The van der Waals surface area contributed by atoms with E-state index in [1.807, 2.05) is 0 Å². The monoisotopic (exact) mass is 155 g/mol. The molecule has 0 aromatic carbocycles. The van der Waals surface area contributed by atoms with Crippen LogP contribution in [-0.4, -0.2) is 16.2 Å². The standard InChI is InChI=1S/C8H10FNO/c1-6(11)2-7-3-8(9)5-10-4-7/h3-6,11H,2H2,1H3. The Kier molecular flexibility index (Phi) is 2.54. The number of nitrogens with zero attached hydrogens (tertiary/aromatic N) is 1. The van der Waals surface area contributed by atoms with Crippen molar-refractivity contribution in [1.29, 1.82) is 0 Å². The molecule has 0 aliphatic carbocycles. The van der Waals surface area contributed by atoms with Crippen LogP contribution in [0.25, 0.3) is 0 Å². The highest BCUT2D eigenvalue weighted by atomic mass is 19.1. The van der Waals surface area contributed by atoms with E-state index in [4.69, 9.17) is 5.11 Å². The Hall–Kier alpha value is -0.960. The first-order valence-corrected chi connectivity index (χ1v) is 3.46. The van der Waals surface area contributed by atoms with Crippen LogP contribution in [0.4, 0.5) is 4.39 Å². The van der Waals surface area contributed by atoms with E-state index >= 15 is 0 Å². The second kappa shape index (κ2) is 3.44. The van der Waals surface area contributed by atoms with Crippen LogP contribution in [0.15, 0.2) is 18.5 Å². The van der Waals surface area contributed by atoms with Gasteiger partial charge in [-0.3, -0.25) is 4.98 Å². The summed E-state index contributed by atoms with van der Waals surface area (Å²) in [6, 6.07) is 1.37. The average molecular weight is 155 g/mol. The molecular weight excluding hydrogens is 145 g/mol. The van der Waals surface area contributed by atoms with E-state index in [9.17, 15) is 4.39 Å². The van der Waals surface area contributed by atoms with Gasteiger partial charge in [0.2, 0.25) is 0 Å². The van der Waals surface area contributed by atoms with Crippen molar-refractivity contribution in [2.45, 2.75) is 19.4 Å². The van der Waals surface area contributed by atoms with Crippen molar-refractivity contribution in [2.24, 2.45) is 0 Å². The minimum atomic E-state index is -0.446. The molecule has 1 rings (SSSR count).